The molecular formula is C10H11NO6. The Morgan fingerprint density at radius 3 is 2.18 bits per heavy atom. The van der Waals surface area contributed by atoms with Gasteiger partial charge in [0.1, 0.15) is 0 Å². The number of nitro benzene ring substituents is 1. The van der Waals surface area contributed by atoms with Crippen molar-refractivity contribution in [2.24, 2.45) is 0 Å². The van der Waals surface area contributed by atoms with Gasteiger partial charge in [-0.3, -0.25) is 19.7 Å². The van der Waals surface area contributed by atoms with Crippen LogP contribution in [0.2, 0.25) is 0 Å². The first-order chi connectivity index (χ1) is 7.84. The molecule has 0 aromatic heterocycles. The van der Waals surface area contributed by atoms with Gasteiger partial charge in [0, 0.05) is 18.6 Å². The molecule has 0 aliphatic carbocycles. The summed E-state index contributed by atoms with van der Waals surface area (Å²) >= 11 is 0. The van der Waals surface area contributed by atoms with Crippen molar-refractivity contribution in [2.45, 2.75) is 13.3 Å². The molecule has 0 heterocycles. The number of benzene rings is 1. The van der Waals surface area contributed by atoms with Crippen molar-refractivity contribution < 1.29 is 24.7 Å². The number of hydrogen-bond donors (Lipinski definition) is 2. The summed E-state index contributed by atoms with van der Waals surface area (Å²) in [6.07, 6.45) is -0.322. The third kappa shape index (κ3) is 6.61. The number of rotatable bonds is 3. The van der Waals surface area contributed by atoms with Gasteiger partial charge in [0.15, 0.2) is 0 Å². The predicted octanol–water partition coefficient (Wildman–Crippen LogP) is 1.31. The minimum absolute atomic E-state index is 0.148. The van der Waals surface area contributed by atoms with Gasteiger partial charge < -0.3 is 10.2 Å². The van der Waals surface area contributed by atoms with Crippen molar-refractivity contribution in [3.8, 4) is 0 Å². The topological polar surface area (TPSA) is 118 Å². The molecule has 0 unspecified atom stereocenters. The number of aliphatic carboxylic acids is 2. The molecular weight excluding hydrogens is 230 g/mol. The highest BCUT2D eigenvalue weighted by Gasteiger charge is 2.14. The number of carbonyl (C=O) groups is 2. The van der Waals surface area contributed by atoms with Crippen LogP contribution in [0.4, 0.5) is 5.69 Å². The van der Waals surface area contributed by atoms with E-state index in [0.717, 1.165) is 6.92 Å². The first-order valence-corrected chi connectivity index (χ1v) is 4.48. The standard InChI is InChI=1S/C8H7NO4.C2H4O2/c10-8(11)5-6-3-1-2-4-7(6)9(12)13;1-2(3)4/h1-4H,5H2,(H,10,11);1H3,(H,3,4). The lowest BCUT2D eigenvalue weighted by Crippen LogP contribution is -2.03. The van der Waals surface area contributed by atoms with E-state index in [1.54, 1.807) is 6.07 Å². The molecule has 0 aliphatic rings. The summed E-state index contributed by atoms with van der Waals surface area (Å²) in [6.45, 7) is 1.08. The molecule has 0 radical (unpaired) electrons. The summed E-state index contributed by atoms with van der Waals surface area (Å²) < 4.78 is 0. The lowest BCUT2D eigenvalue weighted by Gasteiger charge is -1.97. The molecule has 1 aromatic rings. The fourth-order valence-electron chi connectivity index (χ4n) is 1.00. The first kappa shape index (κ1) is 14.6. The third-order valence-electron chi connectivity index (χ3n) is 1.53. The monoisotopic (exact) mass is 241 g/mol. The normalized spacial score (nSPS) is 8.76. The average molecular weight is 241 g/mol. The zero-order valence-corrected chi connectivity index (χ0v) is 8.99. The summed E-state index contributed by atoms with van der Waals surface area (Å²) in [4.78, 5) is 29.2. The van der Waals surface area contributed by atoms with Gasteiger partial charge in [-0.05, 0) is 0 Å². The van der Waals surface area contributed by atoms with Crippen LogP contribution in [0.5, 0.6) is 0 Å². The van der Waals surface area contributed by atoms with Crippen molar-refractivity contribution >= 4 is 17.6 Å². The Bertz CT molecular complexity index is 425. The van der Waals surface area contributed by atoms with E-state index < -0.39 is 16.9 Å². The summed E-state index contributed by atoms with van der Waals surface area (Å²) in [7, 11) is 0. The van der Waals surface area contributed by atoms with E-state index in [1.165, 1.54) is 18.2 Å². The van der Waals surface area contributed by atoms with E-state index in [4.69, 9.17) is 15.0 Å². The minimum Gasteiger partial charge on any atom is -0.481 e. The van der Waals surface area contributed by atoms with Crippen molar-refractivity contribution in [2.75, 3.05) is 0 Å². The third-order valence-corrected chi connectivity index (χ3v) is 1.53. The van der Waals surface area contributed by atoms with Crippen LogP contribution in [-0.2, 0) is 16.0 Å². The van der Waals surface area contributed by atoms with Crippen molar-refractivity contribution in [3.63, 3.8) is 0 Å². The van der Waals surface area contributed by atoms with Gasteiger partial charge >= 0.3 is 5.97 Å². The van der Waals surface area contributed by atoms with E-state index in [-0.39, 0.29) is 17.7 Å². The summed E-state index contributed by atoms with van der Waals surface area (Å²) in [5.41, 5.74) is 0.0740. The second kappa shape index (κ2) is 6.94. The van der Waals surface area contributed by atoms with Crippen molar-refractivity contribution in [1.82, 2.24) is 0 Å². The Labute approximate surface area is 96.5 Å². The molecule has 7 nitrogen and oxygen atoms in total. The number of nitro groups is 1. The maximum absolute atomic E-state index is 10.4. The number of carboxylic acids is 2. The van der Waals surface area contributed by atoms with E-state index in [2.05, 4.69) is 0 Å². The molecule has 0 atom stereocenters. The smallest absolute Gasteiger partial charge is 0.308 e. The molecule has 17 heavy (non-hydrogen) atoms. The van der Waals surface area contributed by atoms with E-state index in [1.807, 2.05) is 0 Å². The molecule has 0 bridgehead atoms. The Kier molecular flexibility index (Phi) is 5.94. The van der Waals surface area contributed by atoms with Crippen LogP contribution in [0.15, 0.2) is 24.3 Å². The molecule has 0 saturated heterocycles. The molecule has 0 aliphatic heterocycles. The zero-order valence-electron chi connectivity index (χ0n) is 8.99. The molecule has 0 spiro atoms. The Morgan fingerprint density at radius 2 is 1.76 bits per heavy atom. The quantitative estimate of drug-likeness (QED) is 0.608. The van der Waals surface area contributed by atoms with E-state index in [0.29, 0.717) is 0 Å². The second-order valence-corrected chi connectivity index (χ2v) is 2.98. The van der Waals surface area contributed by atoms with Crippen molar-refractivity contribution in [1.29, 1.82) is 0 Å². The van der Waals surface area contributed by atoms with Crippen LogP contribution in [0.25, 0.3) is 0 Å². The Morgan fingerprint density at radius 1 is 1.29 bits per heavy atom. The fourth-order valence-corrected chi connectivity index (χ4v) is 1.00. The Hall–Kier alpha value is -2.44. The van der Waals surface area contributed by atoms with Gasteiger partial charge in [0.25, 0.3) is 11.7 Å². The zero-order chi connectivity index (χ0) is 13.4. The minimum atomic E-state index is -1.07. The first-order valence-electron chi connectivity index (χ1n) is 4.48. The Balaban J connectivity index is 0.000000557. The van der Waals surface area contributed by atoms with Crippen LogP contribution in [0.1, 0.15) is 12.5 Å². The van der Waals surface area contributed by atoms with Crippen molar-refractivity contribution in [3.05, 3.63) is 39.9 Å². The number of nitrogens with zero attached hydrogens (tertiary/aromatic N) is 1. The maximum atomic E-state index is 10.4. The van der Waals surface area contributed by atoms with Gasteiger partial charge in [-0.2, -0.15) is 0 Å². The molecule has 7 heteroatoms. The van der Waals surface area contributed by atoms with Crippen LogP contribution >= 0.6 is 0 Å². The fraction of sp³-hybridized carbons (Fsp3) is 0.200. The molecule has 0 saturated carbocycles. The number of para-hydroxylation sites is 1. The molecule has 92 valence electrons. The number of carboxylic acid groups (broad SMARTS) is 2. The maximum Gasteiger partial charge on any atom is 0.308 e. The average Bonchev–Trinajstić information content (AvgIpc) is 2.16. The molecule has 1 aromatic carbocycles. The molecule has 1 rings (SSSR count). The van der Waals surface area contributed by atoms with Crippen LogP contribution < -0.4 is 0 Å². The summed E-state index contributed by atoms with van der Waals surface area (Å²) in [5, 5.41) is 26.3. The summed E-state index contributed by atoms with van der Waals surface area (Å²) in [5.74, 6) is -1.91. The molecule has 2 N–H and O–H groups in total. The lowest BCUT2D eigenvalue weighted by atomic mass is 10.1. The highest BCUT2D eigenvalue weighted by atomic mass is 16.6. The van der Waals surface area contributed by atoms with Gasteiger partial charge in [-0.1, -0.05) is 18.2 Å². The predicted molar refractivity (Wildman–Crippen MR) is 57.7 cm³/mol. The van der Waals surface area contributed by atoms with Gasteiger partial charge in [-0.25, -0.2) is 0 Å². The van der Waals surface area contributed by atoms with E-state index >= 15 is 0 Å². The van der Waals surface area contributed by atoms with Gasteiger partial charge in [0.2, 0.25) is 0 Å². The largest absolute Gasteiger partial charge is 0.481 e. The van der Waals surface area contributed by atoms with Crippen LogP contribution in [0, 0.1) is 10.1 Å². The molecule has 0 fully saturated rings. The van der Waals surface area contributed by atoms with Crippen LogP contribution in [-0.4, -0.2) is 27.1 Å². The highest BCUT2D eigenvalue weighted by Crippen LogP contribution is 2.17. The lowest BCUT2D eigenvalue weighted by molar-refractivity contribution is -0.385. The highest BCUT2D eigenvalue weighted by molar-refractivity contribution is 5.71. The second-order valence-electron chi connectivity index (χ2n) is 2.98. The van der Waals surface area contributed by atoms with E-state index in [9.17, 15) is 14.9 Å². The molecule has 0 amide bonds. The SMILES string of the molecule is CC(=O)O.O=C(O)Cc1ccccc1[N+](=O)[O-]. The van der Waals surface area contributed by atoms with Crippen LogP contribution in [0.3, 0.4) is 0 Å². The van der Waals surface area contributed by atoms with Gasteiger partial charge in [0.05, 0.1) is 11.3 Å². The summed E-state index contributed by atoms with van der Waals surface area (Å²) in [6, 6.07) is 5.80. The number of hydrogen-bond acceptors (Lipinski definition) is 4. The van der Waals surface area contributed by atoms with Gasteiger partial charge in [-0.15, -0.1) is 0 Å².